The maximum absolute atomic E-state index is 5.71. The Hall–Kier alpha value is -1.88. The fraction of sp³-hybridized carbons (Fsp3) is 0.333. The summed E-state index contributed by atoms with van der Waals surface area (Å²) < 4.78 is 5.29. The Morgan fingerprint density at radius 2 is 2.18 bits per heavy atom. The van der Waals surface area contributed by atoms with E-state index in [2.05, 4.69) is 15.2 Å². The minimum absolute atomic E-state index is 0.155. The van der Waals surface area contributed by atoms with E-state index >= 15 is 0 Å². The van der Waals surface area contributed by atoms with Gasteiger partial charge < -0.3 is 10.5 Å². The molecule has 0 aliphatic carbocycles. The summed E-state index contributed by atoms with van der Waals surface area (Å²) in [7, 11) is 1.66. The normalized spacial score (nSPS) is 12.4. The van der Waals surface area contributed by atoms with Crippen LogP contribution in [0.5, 0.6) is 5.75 Å². The number of nitrogens with one attached hydrogen (secondary N) is 1. The Bertz CT molecular complexity index is 493. The molecule has 1 heterocycles. The molecule has 5 nitrogen and oxygen atoms in total. The molecule has 1 aromatic carbocycles. The number of ether oxygens (including phenoxy) is 1. The number of methoxy groups -OCH3 is 1. The van der Waals surface area contributed by atoms with Crippen molar-refractivity contribution in [3.05, 3.63) is 41.5 Å². The monoisotopic (exact) mass is 232 g/mol. The summed E-state index contributed by atoms with van der Waals surface area (Å²) in [6, 6.07) is 7.69. The summed E-state index contributed by atoms with van der Waals surface area (Å²) in [5.41, 5.74) is 6.78. The Kier molecular flexibility index (Phi) is 3.39. The van der Waals surface area contributed by atoms with Crippen molar-refractivity contribution in [2.75, 3.05) is 7.11 Å². The van der Waals surface area contributed by atoms with Gasteiger partial charge in [0.15, 0.2) is 5.82 Å². The second-order valence-corrected chi connectivity index (χ2v) is 3.92. The van der Waals surface area contributed by atoms with E-state index in [9.17, 15) is 0 Å². The largest absolute Gasteiger partial charge is 0.496 e. The lowest BCUT2D eigenvalue weighted by molar-refractivity contribution is 0.410. The molecule has 2 rings (SSSR count). The standard InChI is InChI=1S/C12H16N4O/c1-8(13)12-14-11(15-16-12)7-9-5-3-4-6-10(9)17-2/h3-6,8H,7,13H2,1-2H3,(H,14,15,16). The van der Waals surface area contributed by atoms with Crippen molar-refractivity contribution in [2.45, 2.75) is 19.4 Å². The minimum atomic E-state index is -0.155. The van der Waals surface area contributed by atoms with Crippen molar-refractivity contribution in [2.24, 2.45) is 5.73 Å². The van der Waals surface area contributed by atoms with Crippen molar-refractivity contribution in [1.82, 2.24) is 15.2 Å². The highest BCUT2D eigenvalue weighted by Crippen LogP contribution is 2.19. The number of hydrogen-bond acceptors (Lipinski definition) is 4. The van der Waals surface area contributed by atoms with Gasteiger partial charge in [0.25, 0.3) is 0 Å². The van der Waals surface area contributed by atoms with Gasteiger partial charge in [0.2, 0.25) is 0 Å². The molecule has 5 heteroatoms. The quantitative estimate of drug-likeness (QED) is 0.835. The van der Waals surface area contributed by atoms with Gasteiger partial charge in [0.1, 0.15) is 11.6 Å². The zero-order valence-corrected chi connectivity index (χ0v) is 9.97. The number of rotatable bonds is 4. The Morgan fingerprint density at radius 1 is 1.41 bits per heavy atom. The molecule has 0 radical (unpaired) electrons. The molecule has 17 heavy (non-hydrogen) atoms. The highest BCUT2D eigenvalue weighted by Gasteiger charge is 2.09. The predicted octanol–water partition coefficient (Wildman–Crippen LogP) is 1.42. The maximum atomic E-state index is 5.71. The molecule has 0 aliphatic heterocycles. The number of benzene rings is 1. The molecule has 0 saturated heterocycles. The van der Waals surface area contributed by atoms with Crippen LogP contribution in [0.25, 0.3) is 0 Å². The summed E-state index contributed by atoms with van der Waals surface area (Å²) in [4.78, 5) is 4.33. The molecule has 0 saturated carbocycles. The summed E-state index contributed by atoms with van der Waals surface area (Å²) >= 11 is 0. The molecule has 0 fully saturated rings. The molecule has 0 bridgehead atoms. The van der Waals surface area contributed by atoms with Crippen LogP contribution >= 0.6 is 0 Å². The van der Waals surface area contributed by atoms with Crippen LogP contribution in [0.1, 0.15) is 30.2 Å². The third-order valence-corrected chi connectivity index (χ3v) is 2.51. The summed E-state index contributed by atoms with van der Waals surface area (Å²) in [6.45, 7) is 1.86. The van der Waals surface area contributed by atoms with E-state index in [1.807, 2.05) is 31.2 Å². The number of aromatic nitrogens is 3. The van der Waals surface area contributed by atoms with Crippen LogP contribution in [-0.4, -0.2) is 22.3 Å². The van der Waals surface area contributed by atoms with Gasteiger partial charge in [0.05, 0.1) is 13.2 Å². The van der Waals surface area contributed by atoms with E-state index in [4.69, 9.17) is 10.5 Å². The molecule has 0 amide bonds. The van der Waals surface area contributed by atoms with E-state index in [-0.39, 0.29) is 6.04 Å². The Labute approximate surface area is 100 Å². The van der Waals surface area contributed by atoms with Gasteiger partial charge in [-0.05, 0) is 13.0 Å². The lowest BCUT2D eigenvalue weighted by atomic mass is 10.1. The van der Waals surface area contributed by atoms with Gasteiger partial charge in [-0.15, -0.1) is 0 Å². The first kappa shape index (κ1) is 11.6. The van der Waals surface area contributed by atoms with E-state index in [0.717, 1.165) is 17.1 Å². The van der Waals surface area contributed by atoms with Gasteiger partial charge >= 0.3 is 0 Å². The number of para-hydroxylation sites is 1. The summed E-state index contributed by atoms with van der Waals surface area (Å²) in [5.74, 6) is 2.28. The van der Waals surface area contributed by atoms with Crippen LogP contribution in [0, 0.1) is 0 Å². The first-order chi connectivity index (χ1) is 8.20. The van der Waals surface area contributed by atoms with Gasteiger partial charge in [0, 0.05) is 12.0 Å². The third-order valence-electron chi connectivity index (χ3n) is 2.51. The number of nitrogens with zero attached hydrogens (tertiary/aromatic N) is 2. The molecule has 90 valence electrons. The van der Waals surface area contributed by atoms with E-state index < -0.39 is 0 Å². The van der Waals surface area contributed by atoms with Crippen LogP contribution in [-0.2, 0) is 6.42 Å². The average molecular weight is 232 g/mol. The van der Waals surface area contributed by atoms with Gasteiger partial charge in [-0.3, -0.25) is 5.10 Å². The molecular formula is C12H16N4O. The SMILES string of the molecule is COc1ccccc1Cc1nc(C(C)N)n[nH]1. The van der Waals surface area contributed by atoms with Crippen molar-refractivity contribution >= 4 is 0 Å². The van der Waals surface area contributed by atoms with Crippen LogP contribution in [0.2, 0.25) is 0 Å². The number of nitrogens with two attached hydrogens (primary N) is 1. The van der Waals surface area contributed by atoms with E-state index in [1.54, 1.807) is 7.11 Å². The Balaban J connectivity index is 2.19. The lowest BCUT2D eigenvalue weighted by Crippen LogP contribution is -2.07. The molecule has 1 atom stereocenters. The number of aromatic amines is 1. The highest BCUT2D eigenvalue weighted by molar-refractivity contribution is 5.35. The fourth-order valence-corrected chi connectivity index (χ4v) is 1.62. The van der Waals surface area contributed by atoms with E-state index in [1.165, 1.54) is 0 Å². The second kappa shape index (κ2) is 4.97. The Morgan fingerprint density at radius 3 is 2.82 bits per heavy atom. The first-order valence-electron chi connectivity index (χ1n) is 5.49. The van der Waals surface area contributed by atoms with E-state index in [0.29, 0.717) is 12.2 Å². The van der Waals surface area contributed by atoms with Crippen molar-refractivity contribution in [1.29, 1.82) is 0 Å². The molecule has 3 N–H and O–H groups in total. The predicted molar refractivity (Wildman–Crippen MR) is 64.8 cm³/mol. The zero-order chi connectivity index (χ0) is 12.3. The molecule has 0 aliphatic rings. The van der Waals surface area contributed by atoms with Gasteiger partial charge in [-0.2, -0.15) is 5.10 Å². The maximum Gasteiger partial charge on any atom is 0.167 e. The molecule has 1 aromatic heterocycles. The fourth-order valence-electron chi connectivity index (χ4n) is 1.62. The first-order valence-corrected chi connectivity index (χ1v) is 5.49. The minimum Gasteiger partial charge on any atom is -0.496 e. The molecule has 1 unspecified atom stereocenters. The van der Waals surface area contributed by atoms with Crippen LogP contribution in [0.3, 0.4) is 0 Å². The van der Waals surface area contributed by atoms with Crippen LogP contribution < -0.4 is 10.5 Å². The smallest absolute Gasteiger partial charge is 0.167 e. The molecular weight excluding hydrogens is 216 g/mol. The number of H-pyrrole nitrogens is 1. The topological polar surface area (TPSA) is 76.8 Å². The molecule has 0 spiro atoms. The van der Waals surface area contributed by atoms with Crippen LogP contribution in [0.4, 0.5) is 0 Å². The molecule has 2 aromatic rings. The van der Waals surface area contributed by atoms with Crippen molar-refractivity contribution < 1.29 is 4.74 Å². The summed E-state index contributed by atoms with van der Waals surface area (Å²) in [5, 5.41) is 6.96. The van der Waals surface area contributed by atoms with Crippen LogP contribution in [0.15, 0.2) is 24.3 Å². The highest BCUT2D eigenvalue weighted by atomic mass is 16.5. The number of hydrogen-bond donors (Lipinski definition) is 2. The van der Waals surface area contributed by atoms with Gasteiger partial charge in [-0.25, -0.2) is 4.98 Å². The average Bonchev–Trinajstić information content (AvgIpc) is 2.78. The van der Waals surface area contributed by atoms with Gasteiger partial charge in [-0.1, -0.05) is 18.2 Å². The van der Waals surface area contributed by atoms with Crippen molar-refractivity contribution in [3.8, 4) is 5.75 Å². The lowest BCUT2D eigenvalue weighted by Gasteiger charge is -2.05. The third kappa shape index (κ3) is 2.62. The second-order valence-electron chi connectivity index (χ2n) is 3.92. The summed E-state index contributed by atoms with van der Waals surface area (Å²) in [6.07, 6.45) is 0.656. The zero-order valence-electron chi connectivity index (χ0n) is 9.97. The van der Waals surface area contributed by atoms with Crippen molar-refractivity contribution in [3.63, 3.8) is 0 Å².